The van der Waals surface area contributed by atoms with Gasteiger partial charge in [0.25, 0.3) is 0 Å². The summed E-state index contributed by atoms with van der Waals surface area (Å²) < 4.78 is 43.2. The molecule has 0 saturated carbocycles. The Morgan fingerprint density at radius 3 is 2.57 bits per heavy atom. The van der Waals surface area contributed by atoms with Crippen molar-refractivity contribution in [2.75, 3.05) is 30.5 Å². The van der Waals surface area contributed by atoms with Crippen molar-refractivity contribution in [3.05, 3.63) is 119 Å². The highest BCUT2D eigenvalue weighted by atomic mass is 35.5. The fourth-order valence-corrected chi connectivity index (χ4v) is 6.29. The van der Waals surface area contributed by atoms with Crippen molar-refractivity contribution in [1.29, 1.82) is 0 Å². The van der Waals surface area contributed by atoms with Crippen molar-refractivity contribution in [3.8, 4) is 17.0 Å². The quantitative estimate of drug-likeness (QED) is 0.103. The number of piperidine rings is 1. The number of pyridine rings is 2. The van der Waals surface area contributed by atoms with Crippen LogP contribution in [0.1, 0.15) is 29.7 Å². The fourth-order valence-electron chi connectivity index (χ4n) is 6.12. The van der Waals surface area contributed by atoms with E-state index in [9.17, 15) is 0 Å². The molecule has 1 aliphatic rings. The zero-order valence-electron chi connectivity index (χ0n) is 26.3. The van der Waals surface area contributed by atoms with Crippen LogP contribution in [-0.4, -0.2) is 49.4 Å². The summed E-state index contributed by atoms with van der Waals surface area (Å²) in [6.45, 7) is 1.36. The van der Waals surface area contributed by atoms with E-state index in [1.165, 1.54) is 18.5 Å². The monoisotopic (exact) mass is 683 g/mol. The highest BCUT2D eigenvalue weighted by Crippen LogP contribution is 2.36. The molecule has 0 aliphatic carbocycles. The van der Waals surface area contributed by atoms with Crippen LogP contribution >= 0.6 is 11.6 Å². The summed E-state index contributed by atoms with van der Waals surface area (Å²) >= 11 is 6.22. The average molecular weight is 684 g/mol. The summed E-state index contributed by atoms with van der Waals surface area (Å²) in [5.41, 5.74) is 17.0. The van der Waals surface area contributed by atoms with Crippen molar-refractivity contribution in [2.24, 2.45) is 5.73 Å². The first-order chi connectivity index (χ1) is 23.8. The van der Waals surface area contributed by atoms with Gasteiger partial charge in [-0.15, -0.1) is 0 Å². The maximum Gasteiger partial charge on any atom is 0.193 e. The maximum absolute atomic E-state index is 15.3. The Balaban J connectivity index is 1.19. The number of benzene rings is 2. The van der Waals surface area contributed by atoms with Gasteiger partial charge in [0.15, 0.2) is 35.6 Å². The van der Waals surface area contributed by atoms with E-state index in [1.807, 2.05) is 47.0 Å². The molecule has 11 nitrogen and oxygen atoms in total. The Hall–Kier alpha value is -5.24. The molecule has 0 spiro atoms. The van der Waals surface area contributed by atoms with Crippen molar-refractivity contribution in [2.45, 2.75) is 31.5 Å². The lowest BCUT2D eigenvalue weighted by Crippen LogP contribution is -2.52. The van der Waals surface area contributed by atoms with Crippen LogP contribution in [0.15, 0.2) is 85.6 Å². The van der Waals surface area contributed by atoms with E-state index >= 15 is 8.78 Å². The summed E-state index contributed by atoms with van der Waals surface area (Å²) in [5, 5.41) is 0.370. The second-order valence-corrected chi connectivity index (χ2v) is 12.3. The average Bonchev–Trinajstić information content (AvgIpc) is 3.51. The summed E-state index contributed by atoms with van der Waals surface area (Å²) in [6.07, 6.45) is 6.20. The predicted molar refractivity (Wildman–Crippen MR) is 182 cm³/mol. The molecular weight excluding hydrogens is 652 g/mol. The molecule has 6 aromatic rings. The molecule has 0 unspecified atom stereocenters. The Morgan fingerprint density at radius 2 is 1.78 bits per heavy atom. The van der Waals surface area contributed by atoms with Crippen molar-refractivity contribution < 1.29 is 18.3 Å². The normalized spacial score (nSPS) is 16.3. The lowest BCUT2D eigenvalue weighted by Gasteiger charge is -2.41. The van der Waals surface area contributed by atoms with E-state index in [1.54, 1.807) is 24.7 Å². The number of rotatable bonds is 10. The van der Waals surface area contributed by atoms with Gasteiger partial charge >= 0.3 is 0 Å². The van der Waals surface area contributed by atoms with Gasteiger partial charge in [-0.2, -0.15) is 0 Å². The third-order valence-corrected chi connectivity index (χ3v) is 8.73. The van der Waals surface area contributed by atoms with Crippen LogP contribution in [-0.2, 0) is 23.4 Å². The lowest BCUT2D eigenvalue weighted by molar-refractivity contribution is 0.000879. The van der Waals surface area contributed by atoms with Crippen LogP contribution in [0, 0.1) is 11.6 Å². The molecule has 4 aromatic heterocycles. The summed E-state index contributed by atoms with van der Waals surface area (Å²) in [6, 6.07) is 19.0. The largest absolute Gasteiger partial charge is 0.461 e. The number of ether oxygens (including phenoxy) is 2. The lowest BCUT2D eigenvalue weighted by atomic mass is 9.86. The first-order valence-electron chi connectivity index (χ1n) is 15.6. The summed E-state index contributed by atoms with van der Waals surface area (Å²) in [7, 11) is 0. The highest BCUT2D eigenvalue weighted by molar-refractivity contribution is 6.29. The topological polar surface area (TPSA) is 143 Å². The number of fused-ring (bicyclic) bond motifs is 1. The second kappa shape index (κ2) is 13.7. The zero-order valence-corrected chi connectivity index (χ0v) is 27.0. The Labute approximate surface area is 285 Å². The van der Waals surface area contributed by atoms with Gasteiger partial charge in [-0.25, -0.2) is 28.7 Å². The van der Waals surface area contributed by atoms with Gasteiger partial charge in [-0.3, -0.25) is 4.98 Å². The molecule has 7 rings (SSSR count). The molecule has 49 heavy (non-hydrogen) atoms. The molecule has 0 amide bonds. The fraction of sp³-hybridized carbons (Fsp3) is 0.229. The first kappa shape index (κ1) is 32.3. The maximum atomic E-state index is 15.3. The van der Waals surface area contributed by atoms with Crippen LogP contribution in [0.4, 0.5) is 20.3 Å². The van der Waals surface area contributed by atoms with E-state index in [2.05, 4.69) is 29.8 Å². The van der Waals surface area contributed by atoms with Crippen molar-refractivity contribution in [3.63, 3.8) is 0 Å². The number of aromatic nitrogens is 6. The third kappa shape index (κ3) is 6.86. The van der Waals surface area contributed by atoms with Crippen molar-refractivity contribution in [1.82, 2.24) is 29.5 Å². The molecule has 1 fully saturated rings. The molecule has 1 atom stereocenters. The third-order valence-electron chi connectivity index (χ3n) is 8.52. The standard InChI is InChI=1S/C35H32ClF2N9O2/c36-30-9-4-8-29(45-30)35(40)10-5-11-46(18-35)28-15-41-27(14-24(28)16-47-20-44-31-33(39)42-19-43-34(31)47)23-12-25(37)32(26(38)13-23)49-21-48-17-22-6-2-1-3-7-22/h1-4,6-9,12-15,19-20H,5,10-11,16-18,21,40H2,(H2,39,42,43)/t35-/m1/s1. The number of halogens is 3. The van der Waals surface area contributed by atoms with E-state index in [-0.39, 0.29) is 24.8 Å². The zero-order chi connectivity index (χ0) is 34.0. The SMILES string of the molecule is Nc1ncnc2c1ncn2Cc1cc(-c2cc(F)c(OCOCc3ccccc3)c(F)c2)ncc1N1CCC[C@](N)(c2cccc(Cl)n2)C1. The van der Waals surface area contributed by atoms with E-state index in [0.29, 0.717) is 53.8 Å². The smallest absolute Gasteiger partial charge is 0.193 e. The molecule has 0 bridgehead atoms. The molecule has 250 valence electrons. The Morgan fingerprint density at radius 1 is 0.959 bits per heavy atom. The molecule has 5 heterocycles. The molecule has 4 N–H and O–H groups in total. The Kier molecular flexibility index (Phi) is 9.04. The number of nitrogens with two attached hydrogens (primary N) is 2. The first-order valence-corrected chi connectivity index (χ1v) is 16.0. The summed E-state index contributed by atoms with van der Waals surface area (Å²) in [5.74, 6) is -2.03. The minimum absolute atomic E-state index is 0.234. The minimum Gasteiger partial charge on any atom is -0.461 e. The van der Waals surface area contributed by atoms with Gasteiger partial charge < -0.3 is 30.4 Å². The predicted octanol–water partition coefficient (Wildman–Crippen LogP) is 5.85. The van der Waals surface area contributed by atoms with Gasteiger partial charge in [0.1, 0.15) is 17.0 Å². The Bertz CT molecular complexity index is 2090. The second-order valence-electron chi connectivity index (χ2n) is 11.9. The van der Waals surface area contributed by atoms with Gasteiger partial charge in [0, 0.05) is 18.7 Å². The van der Waals surface area contributed by atoms with Crippen LogP contribution in [0.25, 0.3) is 22.4 Å². The van der Waals surface area contributed by atoms with Gasteiger partial charge in [0.2, 0.25) is 0 Å². The van der Waals surface area contributed by atoms with Crippen LogP contribution < -0.4 is 21.1 Å². The number of imidazole rings is 1. The number of nitrogens with zero attached hydrogens (tertiary/aromatic N) is 7. The molecule has 0 radical (unpaired) electrons. The minimum atomic E-state index is -0.878. The van der Waals surface area contributed by atoms with E-state index < -0.39 is 22.9 Å². The highest BCUT2D eigenvalue weighted by Gasteiger charge is 2.36. The van der Waals surface area contributed by atoms with E-state index in [4.69, 9.17) is 32.5 Å². The van der Waals surface area contributed by atoms with Crippen LogP contribution in [0.2, 0.25) is 5.15 Å². The van der Waals surface area contributed by atoms with E-state index in [0.717, 1.165) is 23.2 Å². The van der Waals surface area contributed by atoms with Crippen LogP contribution in [0.5, 0.6) is 5.75 Å². The number of nitrogen functional groups attached to an aromatic ring is 1. The molecule has 2 aromatic carbocycles. The van der Waals surface area contributed by atoms with Crippen molar-refractivity contribution >= 4 is 34.3 Å². The van der Waals surface area contributed by atoms with Gasteiger partial charge in [0.05, 0.1) is 48.3 Å². The molecule has 1 saturated heterocycles. The number of anilines is 2. The molecule has 14 heteroatoms. The van der Waals surface area contributed by atoms with Gasteiger partial charge in [-0.05, 0) is 54.3 Å². The molecule has 1 aliphatic heterocycles. The van der Waals surface area contributed by atoms with Crippen LogP contribution in [0.3, 0.4) is 0 Å². The summed E-state index contributed by atoms with van der Waals surface area (Å²) in [4.78, 5) is 24.1. The number of hydrogen-bond donors (Lipinski definition) is 2. The number of hydrogen-bond acceptors (Lipinski definition) is 10. The molecular formula is C35H32ClF2N9O2. The van der Waals surface area contributed by atoms with Gasteiger partial charge in [-0.1, -0.05) is 48.0 Å².